The zero-order chi connectivity index (χ0) is 17.2. The number of benzene rings is 2. The topological polar surface area (TPSA) is 64.4 Å². The Balaban J connectivity index is 1.78. The minimum atomic E-state index is -3.63. The van der Waals surface area contributed by atoms with Gasteiger partial charge in [-0.15, -0.1) is 0 Å². The van der Waals surface area contributed by atoms with Crippen LogP contribution in [-0.2, 0) is 10.0 Å². The van der Waals surface area contributed by atoms with Crippen molar-refractivity contribution in [2.45, 2.75) is 11.8 Å². The van der Waals surface area contributed by atoms with Crippen molar-refractivity contribution in [2.24, 2.45) is 0 Å². The van der Waals surface area contributed by atoms with E-state index < -0.39 is 10.0 Å². The molecule has 24 heavy (non-hydrogen) atoms. The molecule has 1 saturated heterocycles. The van der Waals surface area contributed by atoms with E-state index in [2.05, 4.69) is 11.0 Å². The van der Waals surface area contributed by atoms with Crippen LogP contribution in [0, 0.1) is 18.3 Å². The summed E-state index contributed by atoms with van der Waals surface area (Å²) >= 11 is 0. The molecule has 0 aromatic heterocycles. The molecule has 0 spiro atoms. The van der Waals surface area contributed by atoms with Crippen LogP contribution in [0.25, 0.3) is 0 Å². The highest BCUT2D eigenvalue weighted by molar-refractivity contribution is 7.89. The highest BCUT2D eigenvalue weighted by Crippen LogP contribution is 2.23. The Kier molecular flexibility index (Phi) is 4.56. The van der Waals surface area contributed by atoms with E-state index >= 15 is 0 Å². The van der Waals surface area contributed by atoms with Crippen molar-refractivity contribution in [2.75, 3.05) is 31.1 Å². The first-order valence-corrected chi connectivity index (χ1v) is 9.27. The van der Waals surface area contributed by atoms with E-state index in [0.29, 0.717) is 26.2 Å². The fraction of sp³-hybridized carbons (Fsp3) is 0.278. The van der Waals surface area contributed by atoms with Gasteiger partial charge in [0.1, 0.15) is 6.07 Å². The van der Waals surface area contributed by atoms with Crippen molar-refractivity contribution >= 4 is 15.7 Å². The molecule has 0 unspecified atom stereocenters. The highest BCUT2D eigenvalue weighted by Gasteiger charge is 2.30. The third kappa shape index (κ3) is 3.14. The number of hydrogen-bond donors (Lipinski definition) is 0. The molecule has 1 aliphatic heterocycles. The normalized spacial score (nSPS) is 15.9. The van der Waals surface area contributed by atoms with Gasteiger partial charge in [-0.2, -0.15) is 9.57 Å². The Morgan fingerprint density at radius 1 is 1.00 bits per heavy atom. The van der Waals surface area contributed by atoms with E-state index in [1.807, 2.05) is 31.2 Å². The number of anilines is 1. The van der Waals surface area contributed by atoms with Crippen molar-refractivity contribution in [3.8, 4) is 6.07 Å². The van der Waals surface area contributed by atoms with Gasteiger partial charge in [0, 0.05) is 31.9 Å². The molecular weight excluding hydrogens is 322 g/mol. The Morgan fingerprint density at radius 2 is 1.71 bits per heavy atom. The summed E-state index contributed by atoms with van der Waals surface area (Å²) < 4.78 is 27.1. The van der Waals surface area contributed by atoms with Gasteiger partial charge in [-0.05, 0) is 36.8 Å². The largest absolute Gasteiger partial charge is 0.369 e. The van der Waals surface area contributed by atoms with Crippen LogP contribution in [0.1, 0.15) is 11.1 Å². The summed E-state index contributed by atoms with van der Waals surface area (Å²) in [6.45, 7) is 4.14. The number of nitriles is 1. The van der Waals surface area contributed by atoms with Gasteiger partial charge in [-0.1, -0.05) is 24.3 Å². The Morgan fingerprint density at radius 3 is 2.38 bits per heavy atom. The first-order valence-electron chi connectivity index (χ1n) is 7.83. The molecule has 6 heteroatoms. The van der Waals surface area contributed by atoms with Crippen LogP contribution >= 0.6 is 0 Å². The molecule has 1 aliphatic rings. The molecule has 124 valence electrons. The number of nitrogens with zero attached hydrogens (tertiary/aromatic N) is 3. The van der Waals surface area contributed by atoms with Gasteiger partial charge in [0.15, 0.2) is 0 Å². The summed E-state index contributed by atoms with van der Waals surface area (Å²) in [6.07, 6.45) is 0. The number of aryl methyl sites for hydroxylation is 1. The molecule has 2 aromatic carbocycles. The SMILES string of the molecule is Cc1cccc(N2CCN(S(=O)(=O)c3ccccc3C#N)CC2)c1. The molecule has 2 aromatic rings. The quantitative estimate of drug-likeness (QED) is 0.860. The average molecular weight is 341 g/mol. The zero-order valence-electron chi connectivity index (χ0n) is 13.5. The van der Waals surface area contributed by atoms with Crippen LogP contribution in [0.5, 0.6) is 0 Å². The third-order valence-electron chi connectivity index (χ3n) is 4.23. The van der Waals surface area contributed by atoms with Crippen LogP contribution in [0.3, 0.4) is 0 Å². The van der Waals surface area contributed by atoms with E-state index in [4.69, 9.17) is 5.26 Å². The average Bonchev–Trinajstić information content (AvgIpc) is 2.62. The molecular formula is C18H19N3O2S. The minimum absolute atomic E-state index is 0.0940. The third-order valence-corrected chi connectivity index (χ3v) is 6.19. The van der Waals surface area contributed by atoms with Gasteiger partial charge >= 0.3 is 0 Å². The van der Waals surface area contributed by atoms with E-state index in [0.717, 1.165) is 5.69 Å². The van der Waals surface area contributed by atoms with E-state index in [1.165, 1.54) is 22.0 Å². The predicted octanol–water partition coefficient (Wildman–Crippen LogP) is 2.38. The first-order chi connectivity index (χ1) is 11.5. The first kappa shape index (κ1) is 16.5. The molecule has 1 fully saturated rings. The van der Waals surface area contributed by atoms with Crippen LogP contribution in [0.15, 0.2) is 53.4 Å². The van der Waals surface area contributed by atoms with Crippen molar-refractivity contribution in [3.05, 3.63) is 59.7 Å². The summed E-state index contributed by atoms with van der Waals surface area (Å²) in [5, 5.41) is 9.16. The summed E-state index contributed by atoms with van der Waals surface area (Å²) in [6, 6.07) is 16.5. The molecule has 5 nitrogen and oxygen atoms in total. The Bertz CT molecular complexity index is 879. The molecule has 0 radical (unpaired) electrons. The second kappa shape index (κ2) is 6.63. The predicted molar refractivity (Wildman–Crippen MR) is 93.3 cm³/mol. The van der Waals surface area contributed by atoms with Crippen LogP contribution < -0.4 is 4.90 Å². The lowest BCUT2D eigenvalue weighted by molar-refractivity contribution is 0.385. The second-order valence-corrected chi connectivity index (χ2v) is 7.74. The minimum Gasteiger partial charge on any atom is -0.369 e. The number of piperazine rings is 1. The highest BCUT2D eigenvalue weighted by atomic mass is 32.2. The summed E-state index contributed by atoms with van der Waals surface area (Å²) in [4.78, 5) is 2.28. The Hall–Kier alpha value is -2.36. The fourth-order valence-electron chi connectivity index (χ4n) is 2.93. The summed E-state index contributed by atoms with van der Waals surface area (Å²) in [5.74, 6) is 0. The van der Waals surface area contributed by atoms with Gasteiger partial charge < -0.3 is 4.90 Å². The van der Waals surface area contributed by atoms with Crippen LogP contribution in [0.2, 0.25) is 0 Å². The molecule has 3 rings (SSSR count). The van der Waals surface area contributed by atoms with Gasteiger partial charge in [0.2, 0.25) is 10.0 Å². The van der Waals surface area contributed by atoms with Gasteiger partial charge in [-0.3, -0.25) is 0 Å². The lowest BCUT2D eigenvalue weighted by Gasteiger charge is -2.35. The van der Waals surface area contributed by atoms with Gasteiger partial charge in [0.05, 0.1) is 10.5 Å². The lowest BCUT2D eigenvalue weighted by Crippen LogP contribution is -2.48. The van der Waals surface area contributed by atoms with Crippen molar-refractivity contribution < 1.29 is 8.42 Å². The van der Waals surface area contributed by atoms with Crippen LogP contribution in [-0.4, -0.2) is 38.9 Å². The lowest BCUT2D eigenvalue weighted by atomic mass is 10.2. The molecule has 0 aliphatic carbocycles. The van der Waals surface area contributed by atoms with Gasteiger partial charge in [0.25, 0.3) is 0 Å². The Labute approximate surface area is 142 Å². The maximum Gasteiger partial charge on any atom is 0.244 e. The van der Waals surface area contributed by atoms with E-state index in [1.54, 1.807) is 12.1 Å². The van der Waals surface area contributed by atoms with Crippen LogP contribution in [0.4, 0.5) is 5.69 Å². The summed E-state index contributed by atoms with van der Waals surface area (Å²) in [7, 11) is -3.63. The molecule has 0 N–H and O–H groups in total. The van der Waals surface area contributed by atoms with Crippen molar-refractivity contribution in [1.82, 2.24) is 4.31 Å². The van der Waals surface area contributed by atoms with Gasteiger partial charge in [-0.25, -0.2) is 8.42 Å². The number of hydrogen-bond acceptors (Lipinski definition) is 4. The maximum absolute atomic E-state index is 12.8. The molecule has 0 amide bonds. The van der Waals surface area contributed by atoms with E-state index in [9.17, 15) is 8.42 Å². The molecule has 0 saturated carbocycles. The maximum atomic E-state index is 12.8. The van der Waals surface area contributed by atoms with Crippen molar-refractivity contribution in [3.63, 3.8) is 0 Å². The standard InChI is InChI=1S/C18H19N3O2S/c1-15-5-4-7-17(13-15)20-9-11-21(12-10-20)24(22,23)18-8-3-2-6-16(18)14-19/h2-8,13H,9-12H2,1H3. The zero-order valence-corrected chi connectivity index (χ0v) is 14.3. The second-order valence-electron chi connectivity index (χ2n) is 5.84. The van der Waals surface area contributed by atoms with Crippen molar-refractivity contribution in [1.29, 1.82) is 5.26 Å². The summed E-state index contributed by atoms with van der Waals surface area (Å²) in [5.41, 5.74) is 2.49. The monoisotopic (exact) mass is 341 g/mol. The smallest absolute Gasteiger partial charge is 0.244 e. The molecule has 0 bridgehead atoms. The number of sulfonamides is 1. The number of rotatable bonds is 3. The fourth-order valence-corrected chi connectivity index (χ4v) is 4.50. The van der Waals surface area contributed by atoms with E-state index in [-0.39, 0.29) is 10.5 Å². The molecule has 1 heterocycles. The molecule has 0 atom stereocenters.